The summed E-state index contributed by atoms with van der Waals surface area (Å²) in [6.45, 7) is 4.12. The number of methoxy groups -OCH3 is 1. The maximum Gasteiger partial charge on any atom is 0.271 e. The summed E-state index contributed by atoms with van der Waals surface area (Å²) in [7, 11) is 1.51. The van der Waals surface area contributed by atoms with Crippen LogP contribution < -0.4 is 18.9 Å². The molecule has 30 heteroatoms. The number of nitrogens with zero attached hydrogens (tertiary/aromatic N) is 8. The maximum atomic E-state index is 12.5. The van der Waals surface area contributed by atoms with Crippen LogP contribution in [-0.4, -0.2) is 133 Å². The highest BCUT2D eigenvalue weighted by Crippen LogP contribution is 2.35. The summed E-state index contributed by atoms with van der Waals surface area (Å²) in [5.74, 6) is -0.597. The summed E-state index contributed by atoms with van der Waals surface area (Å²) >= 11 is 26.7. The summed E-state index contributed by atoms with van der Waals surface area (Å²) in [4.78, 5) is 120. The van der Waals surface area contributed by atoms with Crippen LogP contribution in [0.3, 0.4) is 0 Å². The molecule has 0 radical (unpaired) electrons. The SMILES string of the molecule is COc1cc(/C=C/C(=O)N2CCC=C(Cl)C2=O)cc(C)c1OCc1nnc(-c2cc(Cl)cc(Cl)c2)o1.O=C(/C=C/c1cccc([N+](=O)[O-])c1)N1CCC=C(Br)C1=O.O=C(/C=C/c1cccc([N+](=O)[O-])c1)N1CCC=C(Cl)C1=O.O=C1C=CCN1C(=O)/C=C/c1ccc2c(c1)OCCO2. The van der Waals surface area contributed by atoms with E-state index < -0.39 is 39.4 Å². The molecule has 5 aliphatic rings. The number of benzene rings is 5. The first-order valence-electron chi connectivity index (χ1n) is 29.3. The minimum absolute atomic E-state index is 0.00246. The van der Waals surface area contributed by atoms with Crippen molar-refractivity contribution in [2.24, 2.45) is 0 Å². The lowest BCUT2D eigenvalue weighted by molar-refractivity contribution is -0.385. The highest BCUT2D eigenvalue weighted by Gasteiger charge is 2.28. The van der Waals surface area contributed by atoms with E-state index in [-0.39, 0.29) is 70.6 Å². The molecule has 0 bridgehead atoms. The van der Waals surface area contributed by atoms with Gasteiger partial charge in [0.15, 0.2) is 29.6 Å². The average molecular weight is 1480 g/mol. The largest absolute Gasteiger partial charge is 0.493 e. The summed E-state index contributed by atoms with van der Waals surface area (Å²) < 4.78 is 28.3. The fraction of sp³-hybridized carbons (Fsp3) is 0.176. The maximum absolute atomic E-state index is 12.5. The van der Waals surface area contributed by atoms with Gasteiger partial charge in [0.2, 0.25) is 5.89 Å². The molecule has 0 saturated carbocycles. The van der Waals surface area contributed by atoms with Crippen molar-refractivity contribution < 1.29 is 71.6 Å². The Morgan fingerprint density at radius 3 is 1.62 bits per heavy atom. The lowest BCUT2D eigenvalue weighted by Gasteiger charge is -2.21. The fourth-order valence-corrected chi connectivity index (χ4v) is 10.7. The zero-order valence-electron chi connectivity index (χ0n) is 51.7. The standard InChI is InChI=1S/C25H20Cl3N3O5.C15H13NO4.C14H11BrN2O4.C14H11ClN2O4/c1-14-8-15(5-6-22(32)31-7-3-4-19(28)25(31)33)9-20(34-2)23(14)35-13-21-29-30-24(36-21)16-10-17(26)12-18(27)11-16;17-14-2-1-7-16(14)15(18)6-4-11-3-5-12-13(10-11)20-9-8-19-12;2*15-12-5-2-8-16(14(12)19)13(18)7-6-10-3-1-4-11(9-10)17(20)21/h4-6,8-12H,3,7,13H2,1-2H3;1-6,10H,7-9H2;2*1,3-7,9H,2,8H2/b6-5+;6-4+;2*7-6+. The lowest BCUT2D eigenvalue weighted by Crippen LogP contribution is -2.38. The summed E-state index contributed by atoms with van der Waals surface area (Å²) in [6.07, 6.45) is 20.9. The number of carbonyl (C=O) groups is 8. The van der Waals surface area contributed by atoms with Crippen molar-refractivity contribution in [3.8, 4) is 34.5 Å². The topological polar surface area (TPSA) is 312 Å². The van der Waals surface area contributed by atoms with Crippen molar-refractivity contribution in [3.05, 3.63) is 230 Å². The number of hydrogen-bond donors (Lipinski definition) is 0. The van der Waals surface area contributed by atoms with E-state index in [0.717, 1.165) is 25.8 Å². The Morgan fingerprint density at radius 1 is 0.602 bits per heavy atom. The van der Waals surface area contributed by atoms with Crippen LogP contribution in [0.4, 0.5) is 11.4 Å². The number of amides is 8. The molecule has 6 aromatic rings. The van der Waals surface area contributed by atoms with Gasteiger partial charge < -0.3 is 23.4 Å². The number of halogens is 5. The number of imide groups is 4. The van der Waals surface area contributed by atoms with Gasteiger partial charge in [0.25, 0.3) is 64.5 Å². The Bertz CT molecular complexity index is 4270. The molecular formula is C68H55BrCl4N8O17. The molecule has 98 heavy (non-hydrogen) atoms. The first-order chi connectivity index (χ1) is 47.0. The van der Waals surface area contributed by atoms with Gasteiger partial charge in [0.1, 0.15) is 23.3 Å². The van der Waals surface area contributed by atoms with Crippen LogP contribution in [0.2, 0.25) is 10.0 Å². The molecule has 504 valence electrons. The molecule has 0 fully saturated rings. The second-order valence-corrected chi connectivity index (χ2v) is 23.4. The van der Waals surface area contributed by atoms with Gasteiger partial charge in [-0.3, -0.25) is 78.2 Å². The van der Waals surface area contributed by atoms with E-state index in [1.54, 1.807) is 78.9 Å². The van der Waals surface area contributed by atoms with Crippen molar-refractivity contribution in [1.29, 1.82) is 0 Å². The molecule has 11 rings (SSSR count). The Labute approximate surface area is 587 Å². The smallest absolute Gasteiger partial charge is 0.271 e. The third kappa shape index (κ3) is 20.2. The molecule has 0 N–H and O–H groups in total. The molecule has 25 nitrogen and oxygen atoms in total. The van der Waals surface area contributed by atoms with Crippen LogP contribution in [-0.2, 0) is 45.0 Å². The molecule has 0 spiro atoms. The van der Waals surface area contributed by atoms with Crippen LogP contribution in [0.1, 0.15) is 53.0 Å². The first kappa shape index (κ1) is 73.2. The molecule has 0 saturated heterocycles. The van der Waals surface area contributed by atoms with Gasteiger partial charge in [-0.1, -0.05) is 101 Å². The molecule has 0 aliphatic carbocycles. The quantitative estimate of drug-likeness (QED) is 0.0524. The number of carbonyl (C=O) groups excluding carboxylic acids is 8. The number of hydrogen-bond acceptors (Lipinski definition) is 19. The van der Waals surface area contributed by atoms with E-state index in [0.29, 0.717) is 105 Å². The Hall–Kier alpha value is -10.6. The lowest BCUT2D eigenvalue weighted by atomic mass is 10.1. The third-order valence-corrected chi connectivity index (χ3v) is 15.8. The number of aryl methyl sites for hydroxylation is 1. The third-order valence-electron chi connectivity index (χ3n) is 14.1. The molecule has 1 aromatic heterocycles. The number of non-ortho nitro benzene ring substituents is 2. The van der Waals surface area contributed by atoms with Crippen molar-refractivity contribution in [1.82, 2.24) is 29.8 Å². The van der Waals surface area contributed by atoms with Gasteiger partial charge >= 0.3 is 0 Å². The normalized spacial score (nSPS) is 15.0. The van der Waals surface area contributed by atoms with Gasteiger partial charge in [-0.25, -0.2) is 0 Å². The second kappa shape index (κ2) is 34.9. The second-order valence-electron chi connectivity index (χ2n) is 20.9. The van der Waals surface area contributed by atoms with Crippen LogP contribution in [0.15, 0.2) is 171 Å². The highest BCUT2D eigenvalue weighted by atomic mass is 79.9. The summed E-state index contributed by atoms with van der Waals surface area (Å²) in [5, 5.41) is 30.3. The average Bonchev–Trinajstić information content (AvgIpc) is 1.75. The van der Waals surface area contributed by atoms with Gasteiger partial charge in [-0.2, -0.15) is 0 Å². The number of aromatic nitrogens is 2. The van der Waals surface area contributed by atoms with Gasteiger partial charge in [-0.15, -0.1) is 10.2 Å². The van der Waals surface area contributed by atoms with E-state index in [1.807, 2.05) is 25.1 Å². The molecule has 0 atom stereocenters. The zero-order valence-corrected chi connectivity index (χ0v) is 56.3. The predicted octanol–water partition coefficient (Wildman–Crippen LogP) is 12.4. The number of nitro benzene ring substituents is 2. The van der Waals surface area contributed by atoms with Gasteiger partial charge in [0, 0.05) is 96.4 Å². The monoisotopic (exact) mass is 1470 g/mol. The number of fused-ring (bicyclic) bond motifs is 1. The molecule has 8 amide bonds. The molecule has 5 aliphatic heterocycles. The van der Waals surface area contributed by atoms with E-state index >= 15 is 0 Å². The van der Waals surface area contributed by atoms with Crippen LogP contribution >= 0.6 is 62.3 Å². The number of rotatable bonds is 15. The fourth-order valence-electron chi connectivity index (χ4n) is 9.30. The minimum Gasteiger partial charge on any atom is -0.493 e. The minimum atomic E-state index is -0.531. The summed E-state index contributed by atoms with van der Waals surface area (Å²) in [5.41, 5.74) is 3.77. The van der Waals surface area contributed by atoms with Gasteiger partial charge in [-0.05, 0) is 137 Å². The van der Waals surface area contributed by atoms with Crippen LogP contribution in [0.5, 0.6) is 23.0 Å². The number of ether oxygens (including phenoxy) is 4. The van der Waals surface area contributed by atoms with Crippen molar-refractivity contribution >= 4 is 145 Å². The Kier molecular flexibility index (Phi) is 26.0. The Morgan fingerprint density at radius 2 is 1.10 bits per heavy atom. The Balaban J connectivity index is 0.000000173. The molecule has 6 heterocycles. The number of nitro groups is 2. The van der Waals surface area contributed by atoms with Gasteiger partial charge in [0.05, 0.1) is 21.4 Å². The predicted molar refractivity (Wildman–Crippen MR) is 366 cm³/mol. The van der Waals surface area contributed by atoms with E-state index in [9.17, 15) is 58.6 Å². The summed E-state index contributed by atoms with van der Waals surface area (Å²) in [6, 6.07) is 25.7. The van der Waals surface area contributed by atoms with Crippen molar-refractivity contribution in [2.75, 3.05) is 46.5 Å². The van der Waals surface area contributed by atoms with E-state index in [1.165, 1.54) is 90.9 Å². The zero-order chi connectivity index (χ0) is 70.6. The highest BCUT2D eigenvalue weighted by molar-refractivity contribution is 9.12. The van der Waals surface area contributed by atoms with Crippen LogP contribution in [0.25, 0.3) is 35.8 Å². The van der Waals surface area contributed by atoms with E-state index in [4.69, 9.17) is 69.8 Å². The van der Waals surface area contributed by atoms with Crippen molar-refractivity contribution in [2.45, 2.75) is 32.8 Å². The molecule has 5 aromatic carbocycles. The molecular weight excluding hydrogens is 1420 g/mol. The molecule has 0 unspecified atom stereocenters. The van der Waals surface area contributed by atoms with Crippen LogP contribution in [0, 0.1) is 27.2 Å². The van der Waals surface area contributed by atoms with Crippen molar-refractivity contribution in [3.63, 3.8) is 0 Å². The first-order valence-corrected chi connectivity index (χ1v) is 31.6. The van der Waals surface area contributed by atoms with E-state index in [2.05, 4.69) is 26.1 Å².